The highest BCUT2D eigenvalue weighted by Crippen LogP contribution is 2.21. The van der Waals surface area contributed by atoms with E-state index >= 15 is 0 Å². The topological polar surface area (TPSA) is 86.8 Å². The number of carbonyl (C=O) groups excluding carboxylic acids is 2. The summed E-state index contributed by atoms with van der Waals surface area (Å²) in [5.41, 5.74) is 2.86. The van der Waals surface area contributed by atoms with Crippen LogP contribution in [0.25, 0.3) is 0 Å². The van der Waals surface area contributed by atoms with Crippen LogP contribution in [-0.2, 0) is 32.6 Å². The summed E-state index contributed by atoms with van der Waals surface area (Å²) in [5.74, 6) is -1.42. The lowest BCUT2D eigenvalue weighted by Crippen LogP contribution is -2.54. The van der Waals surface area contributed by atoms with Gasteiger partial charge in [0.05, 0.1) is 11.9 Å². The Kier molecular flexibility index (Phi) is 9.63. The second-order valence-electron chi connectivity index (χ2n) is 9.62. The summed E-state index contributed by atoms with van der Waals surface area (Å²) in [6, 6.07) is 20.8. The van der Waals surface area contributed by atoms with Gasteiger partial charge in [0.2, 0.25) is 21.8 Å². The highest BCUT2D eigenvalue weighted by molar-refractivity contribution is 7.92. The molecular formula is C29H34FN3O4S. The Morgan fingerprint density at radius 2 is 1.50 bits per heavy atom. The molecule has 3 rings (SSSR count). The molecular weight excluding hydrogens is 505 g/mol. The zero-order valence-corrected chi connectivity index (χ0v) is 22.9. The Hall–Kier alpha value is -3.72. The second kappa shape index (κ2) is 12.7. The number of nitrogens with zero attached hydrogens (tertiary/aromatic N) is 2. The maximum Gasteiger partial charge on any atom is 0.244 e. The van der Waals surface area contributed by atoms with Crippen LogP contribution in [0.3, 0.4) is 0 Å². The first-order chi connectivity index (χ1) is 17.9. The minimum Gasteiger partial charge on any atom is -0.352 e. The zero-order chi connectivity index (χ0) is 27.9. The molecule has 9 heteroatoms. The first kappa shape index (κ1) is 28.8. The van der Waals surface area contributed by atoms with Gasteiger partial charge >= 0.3 is 0 Å². The number of amides is 2. The monoisotopic (exact) mass is 539 g/mol. The summed E-state index contributed by atoms with van der Waals surface area (Å²) in [4.78, 5) is 28.8. The van der Waals surface area contributed by atoms with Crippen molar-refractivity contribution in [3.63, 3.8) is 0 Å². The van der Waals surface area contributed by atoms with E-state index < -0.39 is 34.3 Å². The number of sulfonamides is 1. The van der Waals surface area contributed by atoms with Crippen LogP contribution in [0, 0.1) is 12.7 Å². The maximum atomic E-state index is 13.9. The summed E-state index contributed by atoms with van der Waals surface area (Å²) in [7, 11) is -3.90. The Labute approximate surface area is 224 Å². The van der Waals surface area contributed by atoms with Gasteiger partial charge in [-0.15, -0.1) is 0 Å². The third kappa shape index (κ3) is 8.14. The van der Waals surface area contributed by atoms with E-state index in [2.05, 4.69) is 5.32 Å². The molecule has 2 amide bonds. The predicted molar refractivity (Wildman–Crippen MR) is 148 cm³/mol. The van der Waals surface area contributed by atoms with Crippen LogP contribution in [-0.4, -0.2) is 50.0 Å². The van der Waals surface area contributed by atoms with Crippen LogP contribution in [0.4, 0.5) is 10.1 Å². The Bertz CT molecular complexity index is 1330. The van der Waals surface area contributed by atoms with Crippen molar-refractivity contribution in [3.05, 3.63) is 101 Å². The molecule has 1 atom stereocenters. The van der Waals surface area contributed by atoms with Gasteiger partial charge in [-0.3, -0.25) is 13.9 Å². The van der Waals surface area contributed by atoms with Crippen molar-refractivity contribution in [1.82, 2.24) is 10.2 Å². The molecule has 3 aromatic rings. The molecule has 0 radical (unpaired) electrons. The normalized spacial score (nSPS) is 12.2. The highest BCUT2D eigenvalue weighted by Gasteiger charge is 2.33. The van der Waals surface area contributed by atoms with Gasteiger partial charge in [-0.2, -0.15) is 0 Å². The number of carbonyl (C=O) groups is 2. The number of benzene rings is 3. The van der Waals surface area contributed by atoms with E-state index in [1.807, 2.05) is 75.4 Å². The Morgan fingerprint density at radius 1 is 0.895 bits per heavy atom. The van der Waals surface area contributed by atoms with Gasteiger partial charge in [-0.05, 0) is 56.2 Å². The second-order valence-corrected chi connectivity index (χ2v) is 11.5. The molecule has 0 heterocycles. The number of hydrogen-bond acceptors (Lipinski definition) is 4. The Morgan fingerprint density at radius 3 is 2.05 bits per heavy atom. The summed E-state index contributed by atoms with van der Waals surface area (Å²) in [5, 5.41) is 2.91. The molecule has 0 fully saturated rings. The van der Waals surface area contributed by atoms with Crippen molar-refractivity contribution in [1.29, 1.82) is 0 Å². The molecule has 0 bridgehead atoms. The molecule has 202 valence electrons. The lowest BCUT2D eigenvalue weighted by molar-refractivity contribution is -0.140. The quantitative estimate of drug-likeness (QED) is 0.398. The molecule has 38 heavy (non-hydrogen) atoms. The fourth-order valence-corrected chi connectivity index (χ4v) is 4.90. The van der Waals surface area contributed by atoms with Crippen molar-refractivity contribution in [2.24, 2.45) is 0 Å². The van der Waals surface area contributed by atoms with Crippen LogP contribution >= 0.6 is 0 Å². The molecule has 1 N–H and O–H groups in total. The molecule has 0 aliphatic rings. The van der Waals surface area contributed by atoms with E-state index in [0.717, 1.165) is 39.4 Å². The lowest BCUT2D eigenvalue weighted by Gasteiger charge is -2.34. The minimum atomic E-state index is -3.90. The van der Waals surface area contributed by atoms with Crippen molar-refractivity contribution in [2.45, 2.75) is 45.8 Å². The van der Waals surface area contributed by atoms with E-state index in [1.165, 1.54) is 17.0 Å². The van der Waals surface area contributed by atoms with Gasteiger partial charge in [0.1, 0.15) is 18.4 Å². The van der Waals surface area contributed by atoms with E-state index in [1.54, 1.807) is 0 Å². The van der Waals surface area contributed by atoms with Gasteiger partial charge < -0.3 is 10.2 Å². The predicted octanol–water partition coefficient (Wildman–Crippen LogP) is 4.06. The fourth-order valence-electron chi connectivity index (χ4n) is 4.05. The van der Waals surface area contributed by atoms with E-state index in [4.69, 9.17) is 0 Å². The van der Waals surface area contributed by atoms with Crippen molar-refractivity contribution in [2.75, 3.05) is 17.1 Å². The maximum absolute atomic E-state index is 13.9. The number of anilines is 1. The third-order valence-corrected chi connectivity index (χ3v) is 7.11. The van der Waals surface area contributed by atoms with Gasteiger partial charge in [-0.25, -0.2) is 12.8 Å². The lowest BCUT2D eigenvalue weighted by atomic mass is 10.0. The fraction of sp³-hybridized carbons (Fsp3) is 0.310. The molecule has 0 aromatic heterocycles. The smallest absolute Gasteiger partial charge is 0.244 e. The van der Waals surface area contributed by atoms with Gasteiger partial charge in [-0.1, -0.05) is 60.2 Å². The SMILES string of the molecule is Cc1ccc(CN(C(=O)CN(c2ccc(F)cc2)S(C)(=O)=O)[C@@H](Cc2ccccc2)C(=O)NC(C)C)cc1. The van der Waals surface area contributed by atoms with Crippen LogP contribution in [0.2, 0.25) is 0 Å². The van der Waals surface area contributed by atoms with Crippen LogP contribution in [0.15, 0.2) is 78.9 Å². The van der Waals surface area contributed by atoms with Gasteiger partial charge in [0.25, 0.3) is 0 Å². The highest BCUT2D eigenvalue weighted by atomic mass is 32.2. The van der Waals surface area contributed by atoms with Crippen LogP contribution < -0.4 is 9.62 Å². The van der Waals surface area contributed by atoms with E-state index in [9.17, 15) is 22.4 Å². The van der Waals surface area contributed by atoms with Crippen molar-refractivity contribution in [3.8, 4) is 0 Å². The minimum absolute atomic E-state index is 0.100. The molecule has 0 aliphatic carbocycles. The Balaban J connectivity index is 2.04. The standard InChI is InChI=1S/C29H34FN3O4S/c1-21(2)31-29(35)27(18-23-8-6-5-7-9-23)32(19-24-12-10-22(3)11-13-24)28(34)20-33(38(4,36)37)26-16-14-25(30)15-17-26/h5-17,21,27H,18-20H2,1-4H3,(H,31,35)/t27-/m0/s1. The molecule has 0 unspecified atom stereocenters. The average Bonchev–Trinajstić information content (AvgIpc) is 2.86. The number of hydrogen-bond donors (Lipinski definition) is 1. The van der Waals surface area contributed by atoms with Gasteiger partial charge in [0, 0.05) is 19.0 Å². The first-order valence-corrected chi connectivity index (χ1v) is 14.2. The molecule has 7 nitrogen and oxygen atoms in total. The number of halogens is 1. The van der Waals surface area contributed by atoms with Crippen LogP contribution in [0.1, 0.15) is 30.5 Å². The molecule has 0 saturated carbocycles. The number of aryl methyl sites for hydroxylation is 1. The molecule has 0 spiro atoms. The van der Waals surface area contributed by atoms with Crippen LogP contribution in [0.5, 0.6) is 0 Å². The number of nitrogens with one attached hydrogen (secondary N) is 1. The largest absolute Gasteiger partial charge is 0.352 e. The summed E-state index contributed by atoms with van der Waals surface area (Å²) in [6.45, 7) is 5.18. The number of rotatable bonds is 11. The van der Waals surface area contributed by atoms with Gasteiger partial charge in [0.15, 0.2) is 0 Å². The zero-order valence-electron chi connectivity index (χ0n) is 22.1. The average molecular weight is 540 g/mol. The molecule has 3 aromatic carbocycles. The van der Waals surface area contributed by atoms with Crippen molar-refractivity contribution >= 4 is 27.5 Å². The summed E-state index contributed by atoms with van der Waals surface area (Å²) < 4.78 is 39.8. The summed E-state index contributed by atoms with van der Waals surface area (Å²) in [6.07, 6.45) is 1.23. The third-order valence-electron chi connectivity index (χ3n) is 5.97. The summed E-state index contributed by atoms with van der Waals surface area (Å²) >= 11 is 0. The van der Waals surface area contributed by atoms with E-state index in [-0.39, 0.29) is 30.6 Å². The van der Waals surface area contributed by atoms with Crippen molar-refractivity contribution < 1.29 is 22.4 Å². The first-order valence-electron chi connectivity index (χ1n) is 12.4. The molecule has 0 aliphatic heterocycles. The van der Waals surface area contributed by atoms with E-state index in [0.29, 0.717) is 0 Å². The molecule has 0 saturated heterocycles.